The minimum absolute atomic E-state index is 0.219. The Morgan fingerprint density at radius 2 is 1.27 bits per heavy atom. The molecule has 26 heavy (non-hydrogen) atoms. The van der Waals surface area contributed by atoms with Crippen molar-refractivity contribution in [3.8, 4) is 0 Å². The molecule has 0 saturated carbocycles. The lowest BCUT2D eigenvalue weighted by molar-refractivity contribution is -0.137. The molecule has 0 fully saturated rings. The third-order valence-electron chi connectivity index (χ3n) is 4.40. The predicted molar refractivity (Wildman–Crippen MR) is 108 cm³/mol. The van der Waals surface area contributed by atoms with Crippen LogP contribution in [0.15, 0.2) is 12.2 Å². The molecule has 0 aromatic heterocycles. The zero-order valence-electron chi connectivity index (χ0n) is 17.3. The van der Waals surface area contributed by atoms with E-state index in [2.05, 4.69) is 0 Å². The maximum Gasteiger partial charge on any atom is 0.330 e. The molecule has 0 radical (unpaired) electrons. The first-order valence-electron chi connectivity index (χ1n) is 10.7. The van der Waals surface area contributed by atoms with Crippen molar-refractivity contribution < 1.29 is 19.0 Å². The first-order valence-corrected chi connectivity index (χ1v) is 10.7. The largest absolute Gasteiger partial charge is 0.463 e. The van der Waals surface area contributed by atoms with E-state index in [-0.39, 0.29) is 5.97 Å². The molecule has 0 N–H and O–H groups in total. The van der Waals surface area contributed by atoms with Gasteiger partial charge in [0, 0.05) is 19.8 Å². The van der Waals surface area contributed by atoms with Crippen molar-refractivity contribution in [1.29, 1.82) is 0 Å². The molecule has 0 amide bonds. The molecule has 0 saturated heterocycles. The van der Waals surface area contributed by atoms with E-state index in [0.717, 1.165) is 19.4 Å². The Bertz CT molecular complexity index is 315. The highest BCUT2D eigenvalue weighted by molar-refractivity contribution is 5.81. The highest BCUT2D eigenvalue weighted by Gasteiger charge is 1.95. The van der Waals surface area contributed by atoms with E-state index in [1.54, 1.807) is 13.2 Å². The summed E-state index contributed by atoms with van der Waals surface area (Å²) in [6.07, 6.45) is 21.6. The Labute approximate surface area is 161 Å². The number of rotatable bonds is 20. The maximum absolute atomic E-state index is 11.1. The predicted octanol–water partition coefficient (Wildman–Crippen LogP) is 6.19. The van der Waals surface area contributed by atoms with Crippen LogP contribution in [-0.2, 0) is 19.0 Å². The Morgan fingerprint density at radius 3 is 1.77 bits per heavy atom. The molecule has 0 heterocycles. The Morgan fingerprint density at radius 1 is 0.769 bits per heavy atom. The van der Waals surface area contributed by atoms with Crippen LogP contribution < -0.4 is 0 Å². The lowest BCUT2D eigenvalue weighted by Gasteiger charge is -2.04. The zero-order chi connectivity index (χ0) is 19.1. The van der Waals surface area contributed by atoms with Crippen LogP contribution in [0.1, 0.15) is 96.8 Å². The van der Waals surface area contributed by atoms with Gasteiger partial charge >= 0.3 is 5.97 Å². The number of esters is 1. The molecule has 154 valence electrons. The SMILES string of the molecule is CCOC(=O)C=CCCCCCCCCCCCCCCCOCOC. The number of hydrogen-bond acceptors (Lipinski definition) is 4. The molecule has 0 aliphatic heterocycles. The highest BCUT2D eigenvalue weighted by atomic mass is 16.7. The van der Waals surface area contributed by atoms with Crippen molar-refractivity contribution >= 4 is 5.97 Å². The first-order chi connectivity index (χ1) is 12.8. The van der Waals surface area contributed by atoms with Gasteiger partial charge < -0.3 is 14.2 Å². The van der Waals surface area contributed by atoms with Crippen LogP contribution in [-0.4, -0.2) is 33.1 Å². The minimum atomic E-state index is -0.219. The second-order valence-electron chi connectivity index (χ2n) is 6.85. The van der Waals surface area contributed by atoms with Crippen LogP contribution in [0.2, 0.25) is 0 Å². The molecule has 0 rings (SSSR count). The summed E-state index contributed by atoms with van der Waals surface area (Å²) < 4.78 is 15.0. The monoisotopic (exact) mass is 370 g/mol. The van der Waals surface area contributed by atoms with Crippen molar-refractivity contribution in [2.45, 2.75) is 96.8 Å². The second-order valence-corrected chi connectivity index (χ2v) is 6.85. The van der Waals surface area contributed by atoms with E-state index in [1.807, 2.05) is 13.0 Å². The number of carbonyl (C=O) groups is 1. The second kappa shape index (κ2) is 22.2. The summed E-state index contributed by atoms with van der Waals surface area (Å²) in [5.41, 5.74) is 0. The summed E-state index contributed by atoms with van der Waals surface area (Å²) in [6, 6.07) is 0. The van der Waals surface area contributed by atoms with E-state index < -0.39 is 0 Å². The molecule has 0 aromatic rings. The molecule has 0 unspecified atom stereocenters. The summed E-state index contributed by atoms with van der Waals surface area (Å²) in [7, 11) is 1.66. The molecule has 0 aliphatic rings. The van der Waals surface area contributed by atoms with Crippen molar-refractivity contribution in [3.05, 3.63) is 12.2 Å². The topological polar surface area (TPSA) is 44.8 Å². The molecule has 0 bridgehead atoms. The van der Waals surface area contributed by atoms with Gasteiger partial charge in [0.05, 0.1) is 6.61 Å². The van der Waals surface area contributed by atoms with Gasteiger partial charge in [-0.15, -0.1) is 0 Å². The van der Waals surface area contributed by atoms with E-state index in [0.29, 0.717) is 13.4 Å². The zero-order valence-corrected chi connectivity index (χ0v) is 17.3. The standard InChI is InChI=1S/C22H42O4/c1-3-26-22(23)19-17-15-13-11-9-7-5-4-6-8-10-12-14-16-18-20-25-21-24-2/h17,19H,3-16,18,20-21H2,1-2H3. The lowest BCUT2D eigenvalue weighted by atomic mass is 10.0. The average molecular weight is 371 g/mol. The van der Waals surface area contributed by atoms with E-state index in [4.69, 9.17) is 14.2 Å². The number of hydrogen-bond donors (Lipinski definition) is 0. The maximum atomic E-state index is 11.1. The molecule has 0 aromatic carbocycles. The quantitative estimate of drug-likeness (QED) is 0.111. The lowest BCUT2D eigenvalue weighted by Crippen LogP contribution is -1.98. The smallest absolute Gasteiger partial charge is 0.330 e. The van der Waals surface area contributed by atoms with Crippen LogP contribution in [0.25, 0.3) is 0 Å². The molecular formula is C22H42O4. The van der Waals surface area contributed by atoms with Crippen LogP contribution >= 0.6 is 0 Å². The fourth-order valence-corrected chi connectivity index (χ4v) is 2.92. The highest BCUT2D eigenvalue weighted by Crippen LogP contribution is 2.13. The normalized spacial score (nSPS) is 11.3. The minimum Gasteiger partial charge on any atom is -0.463 e. The molecule has 0 spiro atoms. The number of allylic oxidation sites excluding steroid dienone is 1. The van der Waals surface area contributed by atoms with Crippen molar-refractivity contribution in [1.82, 2.24) is 0 Å². The fraction of sp³-hybridized carbons (Fsp3) is 0.864. The first kappa shape index (κ1) is 25.1. The van der Waals surface area contributed by atoms with E-state index in [9.17, 15) is 4.79 Å². The van der Waals surface area contributed by atoms with Crippen molar-refractivity contribution in [2.24, 2.45) is 0 Å². The van der Waals surface area contributed by atoms with Crippen LogP contribution in [0, 0.1) is 0 Å². The van der Waals surface area contributed by atoms with Gasteiger partial charge in [0.2, 0.25) is 0 Å². The Kier molecular flexibility index (Phi) is 21.4. The summed E-state index contributed by atoms with van der Waals surface area (Å²) >= 11 is 0. The van der Waals surface area contributed by atoms with Gasteiger partial charge in [-0.05, 0) is 26.2 Å². The number of unbranched alkanes of at least 4 members (excludes halogenated alkanes) is 13. The average Bonchev–Trinajstić information content (AvgIpc) is 2.64. The van der Waals surface area contributed by atoms with Crippen molar-refractivity contribution in [2.75, 3.05) is 27.1 Å². The van der Waals surface area contributed by atoms with Gasteiger partial charge in [-0.3, -0.25) is 0 Å². The van der Waals surface area contributed by atoms with Gasteiger partial charge in [0.15, 0.2) is 0 Å². The number of ether oxygens (including phenoxy) is 3. The third kappa shape index (κ3) is 21.2. The van der Waals surface area contributed by atoms with E-state index in [1.165, 1.54) is 77.0 Å². The van der Waals surface area contributed by atoms with Gasteiger partial charge in [0.25, 0.3) is 0 Å². The summed E-state index contributed by atoms with van der Waals surface area (Å²) in [5.74, 6) is -0.219. The summed E-state index contributed by atoms with van der Waals surface area (Å²) in [6.45, 7) is 3.53. The number of methoxy groups -OCH3 is 1. The van der Waals surface area contributed by atoms with Crippen molar-refractivity contribution in [3.63, 3.8) is 0 Å². The van der Waals surface area contributed by atoms with E-state index >= 15 is 0 Å². The molecule has 0 atom stereocenters. The molecule has 4 heteroatoms. The molecular weight excluding hydrogens is 328 g/mol. The molecule has 4 nitrogen and oxygen atoms in total. The van der Waals surface area contributed by atoms with Crippen LogP contribution in [0.4, 0.5) is 0 Å². The Hall–Kier alpha value is -0.870. The van der Waals surface area contributed by atoms with Gasteiger partial charge in [-0.25, -0.2) is 4.79 Å². The Balaban J connectivity index is 3.08. The summed E-state index contributed by atoms with van der Waals surface area (Å²) in [5, 5.41) is 0. The van der Waals surface area contributed by atoms with Gasteiger partial charge in [-0.1, -0.05) is 76.7 Å². The van der Waals surface area contributed by atoms with Crippen LogP contribution in [0.3, 0.4) is 0 Å². The summed E-state index contributed by atoms with van der Waals surface area (Å²) in [4.78, 5) is 11.1. The van der Waals surface area contributed by atoms with Crippen LogP contribution in [0.5, 0.6) is 0 Å². The van der Waals surface area contributed by atoms with Gasteiger partial charge in [0.1, 0.15) is 6.79 Å². The number of carbonyl (C=O) groups excluding carboxylic acids is 1. The van der Waals surface area contributed by atoms with Gasteiger partial charge in [-0.2, -0.15) is 0 Å². The molecule has 0 aliphatic carbocycles. The fourth-order valence-electron chi connectivity index (χ4n) is 2.92. The third-order valence-corrected chi connectivity index (χ3v) is 4.40.